The lowest BCUT2D eigenvalue weighted by molar-refractivity contribution is 0.0873. The molecule has 4 rings (SSSR count). The van der Waals surface area contributed by atoms with Crippen LogP contribution in [0.25, 0.3) is 10.9 Å². The zero-order valence-electron chi connectivity index (χ0n) is 14.5. The molecule has 0 amide bonds. The molecule has 0 bridgehead atoms. The molecule has 1 aromatic heterocycles. The van der Waals surface area contributed by atoms with Gasteiger partial charge in [-0.3, -0.25) is 0 Å². The van der Waals surface area contributed by atoms with E-state index in [0.717, 1.165) is 47.0 Å². The van der Waals surface area contributed by atoms with Crippen molar-refractivity contribution in [2.75, 3.05) is 25.0 Å². The van der Waals surface area contributed by atoms with Gasteiger partial charge in [-0.25, -0.2) is 9.97 Å². The first-order valence-electron chi connectivity index (χ1n) is 8.91. The average Bonchev–Trinajstić information content (AvgIpc) is 2.68. The highest BCUT2D eigenvalue weighted by Gasteiger charge is 2.20. The molecule has 0 aliphatic carbocycles. The van der Waals surface area contributed by atoms with Gasteiger partial charge < -0.3 is 20.5 Å². The molecule has 3 N–H and O–H groups in total. The van der Waals surface area contributed by atoms with Crippen molar-refractivity contribution in [3.05, 3.63) is 54.4 Å². The van der Waals surface area contributed by atoms with Crippen molar-refractivity contribution in [1.82, 2.24) is 9.97 Å². The zero-order chi connectivity index (χ0) is 17.8. The summed E-state index contributed by atoms with van der Waals surface area (Å²) in [7, 11) is 0. The van der Waals surface area contributed by atoms with Crippen LogP contribution in [0.2, 0.25) is 0 Å². The van der Waals surface area contributed by atoms with Gasteiger partial charge in [0, 0.05) is 24.8 Å². The molecule has 2 aromatic carbocycles. The zero-order valence-corrected chi connectivity index (χ0v) is 14.5. The molecule has 1 aliphatic heterocycles. The Labute approximate surface area is 152 Å². The van der Waals surface area contributed by atoms with E-state index in [4.69, 9.17) is 15.2 Å². The number of rotatable bonds is 6. The molecule has 0 spiro atoms. The number of para-hydroxylation sites is 3. The van der Waals surface area contributed by atoms with Crippen molar-refractivity contribution >= 4 is 16.7 Å². The molecular formula is C20H22N4O2. The molecule has 0 fully saturated rings. The molecule has 1 atom stereocenters. The van der Waals surface area contributed by atoms with Gasteiger partial charge in [0.05, 0.1) is 5.52 Å². The summed E-state index contributed by atoms with van der Waals surface area (Å²) in [5, 5.41) is 4.44. The van der Waals surface area contributed by atoms with Crippen molar-refractivity contribution < 1.29 is 9.47 Å². The van der Waals surface area contributed by atoms with Crippen LogP contribution in [0.5, 0.6) is 11.5 Å². The van der Waals surface area contributed by atoms with Crippen LogP contribution in [-0.2, 0) is 6.42 Å². The second-order valence-electron chi connectivity index (χ2n) is 6.26. The lowest BCUT2D eigenvalue weighted by atomic mass is 10.2. The van der Waals surface area contributed by atoms with E-state index >= 15 is 0 Å². The van der Waals surface area contributed by atoms with Crippen LogP contribution < -0.4 is 20.5 Å². The fraction of sp³-hybridized carbons (Fsp3) is 0.300. The molecule has 0 saturated carbocycles. The Hall–Kier alpha value is -2.86. The third-order valence-corrected chi connectivity index (χ3v) is 4.34. The van der Waals surface area contributed by atoms with Gasteiger partial charge in [0.15, 0.2) is 11.5 Å². The Morgan fingerprint density at radius 1 is 1.04 bits per heavy atom. The number of aromatic nitrogens is 2. The van der Waals surface area contributed by atoms with Gasteiger partial charge in [-0.05, 0) is 30.8 Å². The van der Waals surface area contributed by atoms with Crippen LogP contribution in [-0.4, -0.2) is 35.8 Å². The fourth-order valence-corrected chi connectivity index (χ4v) is 3.06. The number of anilines is 1. The van der Waals surface area contributed by atoms with Gasteiger partial charge in [-0.15, -0.1) is 0 Å². The van der Waals surface area contributed by atoms with E-state index in [2.05, 4.69) is 15.3 Å². The topological polar surface area (TPSA) is 82.3 Å². The van der Waals surface area contributed by atoms with E-state index in [-0.39, 0.29) is 6.10 Å². The highest BCUT2D eigenvalue weighted by molar-refractivity contribution is 5.88. The Balaban J connectivity index is 1.43. The number of hydrogen-bond donors (Lipinski definition) is 2. The van der Waals surface area contributed by atoms with Crippen molar-refractivity contribution in [2.24, 2.45) is 5.73 Å². The molecule has 134 valence electrons. The van der Waals surface area contributed by atoms with E-state index in [1.807, 2.05) is 48.5 Å². The first-order valence-corrected chi connectivity index (χ1v) is 8.91. The summed E-state index contributed by atoms with van der Waals surface area (Å²) in [5.41, 5.74) is 6.59. The molecule has 0 radical (unpaired) electrons. The number of nitrogens with two attached hydrogens (primary N) is 1. The van der Waals surface area contributed by atoms with Gasteiger partial charge in [0.2, 0.25) is 0 Å². The van der Waals surface area contributed by atoms with E-state index < -0.39 is 0 Å². The predicted molar refractivity (Wildman–Crippen MR) is 102 cm³/mol. The minimum atomic E-state index is 0.0222. The Bertz CT molecular complexity index is 900. The summed E-state index contributed by atoms with van der Waals surface area (Å²) in [6.07, 6.45) is 1.50. The number of fused-ring (bicyclic) bond motifs is 2. The second-order valence-corrected chi connectivity index (χ2v) is 6.26. The van der Waals surface area contributed by atoms with Crippen molar-refractivity contribution in [3.8, 4) is 11.5 Å². The quantitative estimate of drug-likeness (QED) is 0.711. The van der Waals surface area contributed by atoms with Gasteiger partial charge in [-0.2, -0.15) is 0 Å². The minimum absolute atomic E-state index is 0.0222. The van der Waals surface area contributed by atoms with Crippen LogP contribution in [0.1, 0.15) is 12.2 Å². The normalized spacial score (nSPS) is 15.8. The smallest absolute Gasteiger partial charge is 0.161 e. The summed E-state index contributed by atoms with van der Waals surface area (Å²) >= 11 is 0. The predicted octanol–water partition coefficient (Wildman–Crippen LogP) is 2.77. The number of nitrogens with zero attached hydrogens (tertiary/aromatic N) is 2. The lowest BCUT2D eigenvalue weighted by Crippen LogP contribution is -2.31. The van der Waals surface area contributed by atoms with Crippen LogP contribution in [0.3, 0.4) is 0 Å². The van der Waals surface area contributed by atoms with E-state index in [9.17, 15) is 0 Å². The van der Waals surface area contributed by atoms with Crippen molar-refractivity contribution in [3.63, 3.8) is 0 Å². The molecular weight excluding hydrogens is 328 g/mol. The molecule has 6 heteroatoms. The molecule has 0 saturated heterocycles. The molecule has 3 aromatic rings. The van der Waals surface area contributed by atoms with Gasteiger partial charge in [0.1, 0.15) is 24.4 Å². The van der Waals surface area contributed by atoms with Gasteiger partial charge in [0.25, 0.3) is 0 Å². The standard InChI is InChI=1S/C20H22N4O2/c21-11-9-19-23-16-6-2-1-5-15(16)20(24-19)22-12-10-14-13-25-17-7-3-4-8-18(17)26-14/h1-8,14H,9-13,21H2,(H,22,23,24). The van der Waals surface area contributed by atoms with Crippen molar-refractivity contribution in [1.29, 1.82) is 0 Å². The third kappa shape index (κ3) is 3.55. The Kier molecular flexibility index (Phi) is 4.84. The monoisotopic (exact) mass is 350 g/mol. The van der Waals surface area contributed by atoms with E-state index in [1.54, 1.807) is 0 Å². The molecule has 6 nitrogen and oxygen atoms in total. The van der Waals surface area contributed by atoms with Crippen molar-refractivity contribution in [2.45, 2.75) is 18.9 Å². The maximum absolute atomic E-state index is 6.01. The first-order chi connectivity index (χ1) is 12.8. The highest BCUT2D eigenvalue weighted by atomic mass is 16.6. The summed E-state index contributed by atoms with van der Waals surface area (Å²) < 4.78 is 11.8. The largest absolute Gasteiger partial charge is 0.486 e. The van der Waals surface area contributed by atoms with Gasteiger partial charge in [-0.1, -0.05) is 24.3 Å². The van der Waals surface area contributed by atoms with Crippen LogP contribution in [0.15, 0.2) is 48.5 Å². The minimum Gasteiger partial charge on any atom is -0.486 e. The summed E-state index contributed by atoms with van der Waals surface area (Å²) in [4.78, 5) is 9.21. The Morgan fingerprint density at radius 2 is 1.85 bits per heavy atom. The molecule has 2 heterocycles. The summed E-state index contributed by atoms with van der Waals surface area (Å²) in [5.74, 6) is 3.22. The highest BCUT2D eigenvalue weighted by Crippen LogP contribution is 2.31. The maximum Gasteiger partial charge on any atom is 0.161 e. The SMILES string of the molecule is NCCc1nc(NCCC2COc3ccccc3O2)c2ccccc2n1. The van der Waals surface area contributed by atoms with Crippen LogP contribution in [0, 0.1) is 0 Å². The van der Waals surface area contributed by atoms with E-state index in [1.165, 1.54) is 0 Å². The number of hydrogen-bond acceptors (Lipinski definition) is 6. The molecule has 26 heavy (non-hydrogen) atoms. The van der Waals surface area contributed by atoms with E-state index in [0.29, 0.717) is 19.6 Å². The average molecular weight is 350 g/mol. The summed E-state index contributed by atoms with van der Waals surface area (Å²) in [6.45, 7) is 1.82. The van der Waals surface area contributed by atoms with Crippen LogP contribution >= 0.6 is 0 Å². The number of nitrogens with one attached hydrogen (secondary N) is 1. The number of benzene rings is 2. The summed E-state index contributed by atoms with van der Waals surface area (Å²) in [6, 6.07) is 15.8. The third-order valence-electron chi connectivity index (χ3n) is 4.34. The lowest BCUT2D eigenvalue weighted by Gasteiger charge is -2.26. The van der Waals surface area contributed by atoms with Gasteiger partial charge >= 0.3 is 0 Å². The fourth-order valence-electron chi connectivity index (χ4n) is 3.06. The maximum atomic E-state index is 6.01. The molecule has 1 unspecified atom stereocenters. The molecule has 1 aliphatic rings. The second kappa shape index (κ2) is 7.58. The number of ether oxygens (including phenoxy) is 2. The first kappa shape index (κ1) is 16.6. The van der Waals surface area contributed by atoms with Crippen LogP contribution in [0.4, 0.5) is 5.82 Å². The Morgan fingerprint density at radius 3 is 2.73 bits per heavy atom.